The van der Waals surface area contributed by atoms with E-state index in [9.17, 15) is 0 Å². The second-order valence-corrected chi connectivity index (χ2v) is 5.57. The SMILES string of the molecule is C[C@@H]1CC[C@H](C)[C@@](C)(c2ccccc2)C1. The zero-order valence-corrected chi connectivity index (χ0v) is 10.2. The molecule has 82 valence electrons. The molecule has 0 unspecified atom stereocenters. The van der Waals surface area contributed by atoms with Crippen LogP contribution in [0.3, 0.4) is 0 Å². The molecule has 1 aliphatic rings. The fourth-order valence-electron chi connectivity index (χ4n) is 3.10. The molecule has 0 bridgehead atoms. The summed E-state index contributed by atoms with van der Waals surface area (Å²) >= 11 is 0. The van der Waals surface area contributed by atoms with Crippen LogP contribution in [-0.2, 0) is 5.41 Å². The van der Waals surface area contributed by atoms with Gasteiger partial charge in [0.15, 0.2) is 0 Å². The predicted molar refractivity (Wildman–Crippen MR) is 66.0 cm³/mol. The van der Waals surface area contributed by atoms with Gasteiger partial charge >= 0.3 is 0 Å². The lowest BCUT2D eigenvalue weighted by Crippen LogP contribution is -2.36. The van der Waals surface area contributed by atoms with Crippen molar-refractivity contribution in [3.8, 4) is 0 Å². The third kappa shape index (κ3) is 1.95. The Hall–Kier alpha value is -0.780. The standard InChI is InChI=1S/C15H22/c1-12-9-10-13(2)15(3,11-12)14-7-5-4-6-8-14/h4-8,12-13H,9-11H2,1-3H3/t12-,13+,15+/m1/s1. The van der Waals surface area contributed by atoms with E-state index in [1.807, 2.05) is 0 Å². The maximum Gasteiger partial charge on any atom is -0.00471 e. The minimum atomic E-state index is 0.402. The summed E-state index contributed by atoms with van der Waals surface area (Å²) in [7, 11) is 0. The average molecular weight is 202 g/mol. The first-order valence-electron chi connectivity index (χ1n) is 6.18. The van der Waals surface area contributed by atoms with E-state index in [1.165, 1.54) is 24.8 Å². The van der Waals surface area contributed by atoms with Gasteiger partial charge in [-0.25, -0.2) is 0 Å². The van der Waals surface area contributed by atoms with Crippen molar-refractivity contribution < 1.29 is 0 Å². The van der Waals surface area contributed by atoms with Gasteiger partial charge in [-0.15, -0.1) is 0 Å². The Morgan fingerprint density at radius 1 is 1.07 bits per heavy atom. The van der Waals surface area contributed by atoms with Crippen LogP contribution in [0.15, 0.2) is 30.3 Å². The maximum absolute atomic E-state index is 2.45. The fraction of sp³-hybridized carbons (Fsp3) is 0.600. The minimum absolute atomic E-state index is 0.402. The summed E-state index contributed by atoms with van der Waals surface area (Å²) in [5.41, 5.74) is 1.93. The van der Waals surface area contributed by atoms with Crippen molar-refractivity contribution in [1.82, 2.24) is 0 Å². The van der Waals surface area contributed by atoms with E-state index in [4.69, 9.17) is 0 Å². The van der Waals surface area contributed by atoms with Crippen LogP contribution in [0.25, 0.3) is 0 Å². The summed E-state index contributed by atoms with van der Waals surface area (Å²) in [6.07, 6.45) is 4.13. The smallest absolute Gasteiger partial charge is 0.00471 e. The zero-order valence-electron chi connectivity index (χ0n) is 10.2. The quantitative estimate of drug-likeness (QED) is 0.633. The third-order valence-electron chi connectivity index (χ3n) is 4.39. The molecule has 1 aromatic rings. The van der Waals surface area contributed by atoms with E-state index in [0.29, 0.717) is 5.41 Å². The molecule has 0 aromatic heterocycles. The molecule has 15 heavy (non-hydrogen) atoms. The Bertz CT molecular complexity index is 314. The van der Waals surface area contributed by atoms with Crippen LogP contribution in [0.4, 0.5) is 0 Å². The van der Waals surface area contributed by atoms with Gasteiger partial charge in [-0.1, -0.05) is 57.5 Å². The van der Waals surface area contributed by atoms with Gasteiger partial charge in [0.25, 0.3) is 0 Å². The highest BCUT2D eigenvalue weighted by Crippen LogP contribution is 2.45. The first kappa shape index (κ1) is 10.7. The molecule has 0 saturated heterocycles. The van der Waals surface area contributed by atoms with Crippen molar-refractivity contribution in [2.24, 2.45) is 11.8 Å². The van der Waals surface area contributed by atoms with E-state index in [0.717, 1.165) is 11.8 Å². The van der Waals surface area contributed by atoms with Crippen LogP contribution in [0.2, 0.25) is 0 Å². The molecule has 0 nitrogen and oxygen atoms in total. The van der Waals surface area contributed by atoms with Crippen LogP contribution >= 0.6 is 0 Å². The minimum Gasteiger partial charge on any atom is -0.0625 e. The summed E-state index contributed by atoms with van der Waals surface area (Å²) in [6.45, 7) is 7.26. The van der Waals surface area contributed by atoms with Gasteiger partial charge in [0.1, 0.15) is 0 Å². The van der Waals surface area contributed by atoms with Gasteiger partial charge in [-0.05, 0) is 35.7 Å². The first-order chi connectivity index (χ1) is 7.13. The molecule has 1 fully saturated rings. The summed E-state index contributed by atoms with van der Waals surface area (Å²) in [5, 5.41) is 0. The lowest BCUT2D eigenvalue weighted by atomic mass is 9.62. The topological polar surface area (TPSA) is 0 Å². The van der Waals surface area contributed by atoms with Crippen molar-refractivity contribution in [3.05, 3.63) is 35.9 Å². The van der Waals surface area contributed by atoms with E-state index in [-0.39, 0.29) is 0 Å². The van der Waals surface area contributed by atoms with Gasteiger partial charge in [0.2, 0.25) is 0 Å². The van der Waals surface area contributed by atoms with Crippen molar-refractivity contribution >= 4 is 0 Å². The molecule has 0 amide bonds. The fourth-order valence-corrected chi connectivity index (χ4v) is 3.10. The lowest BCUT2D eigenvalue weighted by Gasteiger charge is -2.43. The highest BCUT2D eigenvalue weighted by atomic mass is 14.4. The Labute approximate surface area is 93.7 Å². The number of rotatable bonds is 1. The van der Waals surface area contributed by atoms with Crippen LogP contribution in [0.5, 0.6) is 0 Å². The molecule has 2 rings (SSSR count). The Kier molecular flexibility index (Phi) is 2.86. The van der Waals surface area contributed by atoms with Crippen molar-refractivity contribution in [3.63, 3.8) is 0 Å². The third-order valence-corrected chi connectivity index (χ3v) is 4.39. The van der Waals surface area contributed by atoms with Gasteiger partial charge in [0, 0.05) is 0 Å². The van der Waals surface area contributed by atoms with E-state index < -0.39 is 0 Å². The first-order valence-corrected chi connectivity index (χ1v) is 6.18. The van der Waals surface area contributed by atoms with E-state index >= 15 is 0 Å². The second-order valence-electron chi connectivity index (χ2n) is 5.57. The number of benzene rings is 1. The second kappa shape index (κ2) is 4.00. The van der Waals surface area contributed by atoms with Crippen LogP contribution in [-0.4, -0.2) is 0 Å². The van der Waals surface area contributed by atoms with Gasteiger partial charge in [-0.2, -0.15) is 0 Å². The summed E-state index contributed by atoms with van der Waals surface area (Å²) in [6, 6.07) is 11.1. The van der Waals surface area contributed by atoms with Crippen molar-refractivity contribution in [2.45, 2.75) is 45.4 Å². The molecule has 1 aliphatic carbocycles. The number of hydrogen-bond acceptors (Lipinski definition) is 0. The predicted octanol–water partition coefficient (Wildman–Crippen LogP) is 4.40. The Morgan fingerprint density at radius 2 is 1.73 bits per heavy atom. The Balaban J connectivity index is 2.31. The number of hydrogen-bond donors (Lipinski definition) is 0. The van der Waals surface area contributed by atoms with Gasteiger partial charge in [-0.3, -0.25) is 0 Å². The van der Waals surface area contributed by atoms with Gasteiger partial charge in [0.05, 0.1) is 0 Å². The lowest BCUT2D eigenvalue weighted by molar-refractivity contribution is 0.174. The highest BCUT2D eigenvalue weighted by molar-refractivity contribution is 5.26. The van der Waals surface area contributed by atoms with Crippen LogP contribution < -0.4 is 0 Å². The molecular weight excluding hydrogens is 180 g/mol. The Morgan fingerprint density at radius 3 is 2.40 bits per heavy atom. The summed E-state index contributed by atoms with van der Waals surface area (Å²) in [5.74, 6) is 1.70. The molecular formula is C15H22. The van der Waals surface area contributed by atoms with Crippen molar-refractivity contribution in [2.75, 3.05) is 0 Å². The van der Waals surface area contributed by atoms with Crippen molar-refractivity contribution in [1.29, 1.82) is 0 Å². The monoisotopic (exact) mass is 202 g/mol. The average Bonchev–Trinajstić information content (AvgIpc) is 2.25. The van der Waals surface area contributed by atoms with E-state index in [1.54, 1.807) is 0 Å². The van der Waals surface area contributed by atoms with Gasteiger partial charge < -0.3 is 0 Å². The van der Waals surface area contributed by atoms with Crippen LogP contribution in [0, 0.1) is 11.8 Å². The molecule has 0 heteroatoms. The molecule has 1 aromatic carbocycles. The molecule has 1 saturated carbocycles. The molecule has 0 spiro atoms. The van der Waals surface area contributed by atoms with E-state index in [2.05, 4.69) is 51.1 Å². The molecule has 0 aliphatic heterocycles. The molecule has 0 heterocycles. The maximum atomic E-state index is 2.45. The van der Waals surface area contributed by atoms with Crippen LogP contribution in [0.1, 0.15) is 45.6 Å². The normalized spacial score (nSPS) is 36.5. The highest BCUT2D eigenvalue weighted by Gasteiger charge is 2.37. The summed E-state index contributed by atoms with van der Waals surface area (Å²) in [4.78, 5) is 0. The largest absolute Gasteiger partial charge is 0.0625 e. The molecule has 0 radical (unpaired) electrons. The molecule has 0 N–H and O–H groups in total. The molecule has 3 atom stereocenters. The zero-order chi connectivity index (χ0) is 10.9. The summed E-state index contributed by atoms with van der Waals surface area (Å²) < 4.78 is 0.